The van der Waals surface area contributed by atoms with Crippen LogP contribution in [0, 0.1) is 0 Å². The van der Waals surface area contributed by atoms with Crippen molar-refractivity contribution < 1.29 is 9.47 Å². The third-order valence-electron chi connectivity index (χ3n) is 2.33. The van der Waals surface area contributed by atoms with Gasteiger partial charge in [0.25, 0.3) is 0 Å². The van der Waals surface area contributed by atoms with E-state index in [2.05, 4.69) is 25.6 Å². The maximum absolute atomic E-state index is 5.00. The van der Waals surface area contributed by atoms with E-state index in [9.17, 15) is 0 Å². The zero-order chi connectivity index (χ0) is 13.2. The number of unbranched alkanes of at least 4 members (excludes halogenated alkanes) is 2. The van der Waals surface area contributed by atoms with E-state index in [0.717, 1.165) is 32.4 Å². The van der Waals surface area contributed by atoms with Crippen LogP contribution >= 0.6 is 0 Å². The van der Waals surface area contributed by atoms with Gasteiger partial charge in [0, 0.05) is 27.3 Å². The molecule has 102 valence electrons. The van der Waals surface area contributed by atoms with Gasteiger partial charge in [-0.15, -0.1) is 0 Å². The van der Waals surface area contributed by atoms with Crippen molar-refractivity contribution in [2.45, 2.75) is 19.3 Å². The van der Waals surface area contributed by atoms with Crippen molar-refractivity contribution in [2.75, 3.05) is 45.1 Å². The highest BCUT2D eigenvalue weighted by molar-refractivity contribution is 5.35. The van der Waals surface area contributed by atoms with Crippen molar-refractivity contribution in [3.8, 4) is 6.01 Å². The topological polar surface area (TPSA) is 81.2 Å². The van der Waals surface area contributed by atoms with Crippen LogP contribution in [0.25, 0.3) is 0 Å². The number of aromatic nitrogens is 3. The largest absolute Gasteiger partial charge is 0.467 e. The monoisotopic (exact) mass is 255 g/mol. The summed E-state index contributed by atoms with van der Waals surface area (Å²) >= 11 is 0. The van der Waals surface area contributed by atoms with Crippen molar-refractivity contribution in [1.29, 1.82) is 0 Å². The number of hydrogen-bond acceptors (Lipinski definition) is 7. The molecule has 1 aromatic heterocycles. The first-order chi connectivity index (χ1) is 8.80. The fourth-order valence-corrected chi connectivity index (χ4v) is 1.39. The summed E-state index contributed by atoms with van der Waals surface area (Å²) in [6, 6.07) is 0.302. The van der Waals surface area contributed by atoms with Crippen molar-refractivity contribution >= 4 is 11.9 Å². The third kappa shape index (κ3) is 5.13. The molecule has 1 aromatic rings. The molecule has 0 amide bonds. The van der Waals surface area contributed by atoms with E-state index in [-0.39, 0.29) is 0 Å². The van der Waals surface area contributed by atoms with Gasteiger partial charge in [-0.25, -0.2) is 0 Å². The van der Waals surface area contributed by atoms with Crippen LogP contribution in [0.2, 0.25) is 0 Å². The lowest BCUT2D eigenvalue weighted by molar-refractivity contribution is 0.192. The molecule has 0 radical (unpaired) electrons. The summed E-state index contributed by atoms with van der Waals surface area (Å²) in [4.78, 5) is 12.3. The second-order valence-corrected chi connectivity index (χ2v) is 3.70. The van der Waals surface area contributed by atoms with Crippen molar-refractivity contribution in [3.63, 3.8) is 0 Å². The van der Waals surface area contributed by atoms with E-state index in [1.807, 2.05) is 0 Å². The number of anilines is 2. The minimum absolute atomic E-state index is 0.302. The Balaban J connectivity index is 2.36. The normalized spacial score (nSPS) is 10.2. The molecule has 0 atom stereocenters. The summed E-state index contributed by atoms with van der Waals surface area (Å²) in [5.41, 5.74) is 0. The summed E-state index contributed by atoms with van der Waals surface area (Å²) in [7, 11) is 5.00. The van der Waals surface area contributed by atoms with Gasteiger partial charge >= 0.3 is 6.01 Å². The second kappa shape index (κ2) is 8.46. The molecule has 0 bridgehead atoms. The van der Waals surface area contributed by atoms with Crippen LogP contribution in [0.3, 0.4) is 0 Å². The van der Waals surface area contributed by atoms with E-state index in [1.165, 1.54) is 7.11 Å². The van der Waals surface area contributed by atoms with Gasteiger partial charge in [0.05, 0.1) is 7.11 Å². The molecule has 0 unspecified atom stereocenters. The standard InChI is InChI=1S/C11H21N5O2/c1-12-9-14-10(16-11(15-9)18-3)13-7-5-4-6-8-17-2/h4-8H2,1-3H3,(H2,12,13,14,15,16). The predicted octanol–water partition coefficient (Wildman–Crippen LogP) is 1.15. The first-order valence-electron chi connectivity index (χ1n) is 6.00. The molecule has 0 aliphatic rings. The lowest BCUT2D eigenvalue weighted by Gasteiger charge is -2.07. The molecule has 0 saturated heterocycles. The van der Waals surface area contributed by atoms with E-state index < -0.39 is 0 Å². The maximum atomic E-state index is 5.00. The number of rotatable bonds is 9. The Morgan fingerprint density at radius 1 is 1.00 bits per heavy atom. The van der Waals surface area contributed by atoms with E-state index in [1.54, 1.807) is 14.2 Å². The minimum Gasteiger partial charge on any atom is -0.467 e. The quantitative estimate of drug-likeness (QED) is 0.640. The van der Waals surface area contributed by atoms with E-state index >= 15 is 0 Å². The first-order valence-corrected chi connectivity index (χ1v) is 6.00. The molecule has 1 rings (SSSR count). The zero-order valence-electron chi connectivity index (χ0n) is 11.2. The average Bonchev–Trinajstić information content (AvgIpc) is 2.42. The second-order valence-electron chi connectivity index (χ2n) is 3.70. The third-order valence-corrected chi connectivity index (χ3v) is 2.33. The zero-order valence-corrected chi connectivity index (χ0v) is 11.2. The Morgan fingerprint density at radius 2 is 1.78 bits per heavy atom. The highest BCUT2D eigenvalue weighted by Crippen LogP contribution is 2.10. The van der Waals surface area contributed by atoms with E-state index in [4.69, 9.17) is 9.47 Å². The van der Waals surface area contributed by atoms with Gasteiger partial charge in [-0.2, -0.15) is 15.0 Å². The summed E-state index contributed by atoms with van der Waals surface area (Å²) in [5, 5.41) is 6.01. The smallest absolute Gasteiger partial charge is 0.322 e. The molecule has 2 N–H and O–H groups in total. The van der Waals surface area contributed by atoms with Crippen LogP contribution in [0.1, 0.15) is 19.3 Å². The summed E-state index contributed by atoms with van der Waals surface area (Å²) in [6.45, 7) is 1.63. The van der Waals surface area contributed by atoms with Crippen LogP contribution in [-0.2, 0) is 4.74 Å². The lowest BCUT2D eigenvalue weighted by atomic mass is 10.2. The molecule has 0 saturated carbocycles. The van der Waals surface area contributed by atoms with Crippen molar-refractivity contribution in [2.24, 2.45) is 0 Å². The molecular formula is C11H21N5O2. The molecule has 0 aromatic carbocycles. The predicted molar refractivity (Wildman–Crippen MR) is 70.1 cm³/mol. The molecule has 0 fully saturated rings. The van der Waals surface area contributed by atoms with Crippen LogP contribution in [0.4, 0.5) is 11.9 Å². The van der Waals surface area contributed by atoms with Crippen molar-refractivity contribution in [3.05, 3.63) is 0 Å². The molecule has 0 aliphatic carbocycles. The van der Waals surface area contributed by atoms with Gasteiger partial charge in [-0.05, 0) is 19.3 Å². The number of nitrogens with zero attached hydrogens (tertiary/aromatic N) is 3. The minimum atomic E-state index is 0.302. The van der Waals surface area contributed by atoms with Crippen LogP contribution in [-0.4, -0.2) is 49.4 Å². The summed E-state index contributed by atoms with van der Waals surface area (Å²) in [5.74, 6) is 1.02. The molecule has 0 spiro atoms. The van der Waals surface area contributed by atoms with Crippen LogP contribution < -0.4 is 15.4 Å². The first kappa shape index (κ1) is 14.4. The van der Waals surface area contributed by atoms with Gasteiger partial charge in [0.2, 0.25) is 11.9 Å². The van der Waals surface area contributed by atoms with Gasteiger partial charge < -0.3 is 20.1 Å². The molecule has 7 heteroatoms. The molecule has 0 aliphatic heterocycles. The number of nitrogens with one attached hydrogen (secondary N) is 2. The maximum Gasteiger partial charge on any atom is 0.322 e. The molecule has 7 nitrogen and oxygen atoms in total. The number of hydrogen-bond donors (Lipinski definition) is 2. The molecule has 18 heavy (non-hydrogen) atoms. The molecule has 1 heterocycles. The Kier molecular flexibility index (Phi) is 6.78. The highest BCUT2D eigenvalue weighted by atomic mass is 16.5. The van der Waals surface area contributed by atoms with Gasteiger partial charge in [-0.1, -0.05) is 0 Å². The van der Waals surface area contributed by atoms with E-state index in [0.29, 0.717) is 17.9 Å². The Hall–Kier alpha value is -1.63. The Labute approximate surface area is 107 Å². The van der Waals surface area contributed by atoms with Crippen LogP contribution in [0.5, 0.6) is 6.01 Å². The summed E-state index contributed by atoms with van der Waals surface area (Å²) in [6.07, 6.45) is 3.23. The van der Waals surface area contributed by atoms with Crippen LogP contribution in [0.15, 0.2) is 0 Å². The SMILES string of the molecule is CNc1nc(NCCCCCOC)nc(OC)n1. The fourth-order valence-electron chi connectivity index (χ4n) is 1.39. The number of ether oxygens (including phenoxy) is 2. The Bertz CT molecular complexity index is 326. The summed E-state index contributed by atoms with van der Waals surface area (Å²) < 4.78 is 9.99. The van der Waals surface area contributed by atoms with Crippen molar-refractivity contribution in [1.82, 2.24) is 15.0 Å². The van der Waals surface area contributed by atoms with Gasteiger partial charge in [0.15, 0.2) is 0 Å². The van der Waals surface area contributed by atoms with Gasteiger partial charge in [0.1, 0.15) is 0 Å². The highest BCUT2D eigenvalue weighted by Gasteiger charge is 2.04. The average molecular weight is 255 g/mol. The lowest BCUT2D eigenvalue weighted by Crippen LogP contribution is -2.09. The number of methoxy groups -OCH3 is 2. The van der Waals surface area contributed by atoms with Gasteiger partial charge in [-0.3, -0.25) is 0 Å². The fraction of sp³-hybridized carbons (Fsp3) is 0.727. The molecular weight excluding hydrogens is 234 g/mol. The Morgan fingerprint density at radius 3 is 2.44 bits per heavy atom.